The van der Waals surface area contributed by atoms with E-state index in [1.54, 1.807) is 11.8 Å². The van der Waals surface area contributed by atoms with Crippen LogP contribution < -0.4 is 5.32 Å². The molecule has 4 heteroatoms. The number of hydrogen-bond donors (Lipinski definition) is 1. The molecule has 0 unspecified atom stereocenters. The Labute approximate surface area is 149 Å². The second-order valence-electron chi connectivity index (χ2n) is 6.18. The first-order valence-corrected chi connectivity index (χ1v) is 8.69. The van der Waals surface area contributed by atoms with Crippen LogP contribution in [0.15, 0.2) is 48.5 Å². The molecule has 2 aromatic rings. The van der Waals surface area contributed by atoms with Gasteiger partial charge in [0.15, 0.2) is 0 Å². The summed E-state index contributed by atoms with van der Waals surface area (Å²) >= 11 is 0. The van der Waals surface area contributed by atoms with Crippen LogP contribution in [-0.4, -0.2) is 23.3 Å². The first-order valence-electron chi connectivity index (χ1n) is 8.69. The molecule has 0 atom stereocenters. The number of rotatable bonds is 7. The Morgan fingerprint density at radius 1 is 1.00 bits per heavy atom. The molecule has 0 aliphatic heterocycles. The molecule has 0 saturated heterocycles. The smallest absolute Gasteiger partial charge is 0.226 e. The van der Waals surface area contributed by atoms with Crippen LogP contribution in [0.1, 0.15) is 37.0 Å². The van der Waals surface area contributed by atoms with Crippen molar-refractivity contribution in [3.8, 4) is 0 Å². The predicted octanol–water partition coefficient (Wildman–Crippen LogP) is 3.93. The zero-order chi connectivity index (χ0) is 18.2. The molecule has 0 heterocycles. The highest BCUT2D eigenvalue weighted by Gasteiger charge is 2.13. The fourth-order valence-corrected chi connectivity index (χ4v) is 2.74. The molecule has 0 radical (unpaired) electrons. The summed E-state index contributed by atoms with van der Waals surface area (Å²) in [5.41, 5.74) is 4.21. The van der Waals surface area contributed by atoms with E-state index in [0.29, 0.717) is 13.1 Å². The number of anilines is 1. The zero-order valence-electron chi connectivity index (χ0n) is 15.2. The van der Waals surface area contributed by atoms with E-state index in [4.69, 9.17) is 0 Å². The third-order valence-corrected chi connectivity index (χ3v) is 4.35. The molecule has 0 aliphatic rings. The first-order chi connectivity index (χ1) is 12.0. The van der Waals surface area contributed by atoms with Gasteiger partial charge in [-0.05, 0) is 36.1 Å². The number of para-hydroxylation sites is 1. The molecule has 0 fully saturated rings. The quantitative estimate of drug-likeness (QED) is 0.831. The molecule has 4 nitrogen and oxygen atoms in total. The van der Waals surface area contributed by atoms with Crippen molar-refractivity contribution in [2.24, 2.45) is 0 Å². The Morgan fingerprint density at radius 2 is 1.64 bits per heavy atom. The topological polar surface area (TPSA) is 49.4 Å². The van der Waals surface area contributed by atoms with E-state index in [1.807, 2.05) is 55.5 Å². The number of nitrogens with one attached hydrogen (secondary N) is 1. The standard InChI is InChI=1S/C21H26N2O2/c1-4-18-10-7-8-12-20(18)22-21(25)13-14-23(17(3)24)15-19-11-6-5-9-16(19)2/h5-12H,4,13-15H2,1-3H3,(H,22,25). The Kier molecular flexibility index (Phi) is 6.75. The predicted molar refractivity (Wildman–Crippen MR) is 101 cm³/mol. The molecule has 25 heavy (non-hydrogen) atoms. The number of amides is 2. The van der Waals surface area contributed by atoms with Crippen molar-refractivity contribution in [1.29, 1.82) is 0 Å². The number of carbonyl (C=O) groups excluding carboxylic acids is 2. The third-order valence-electron chi connectivity index (χ3n) is 4.35. The van der Waals surface area contributed by atoms with Crippen LogP contribution in [-0.2, 0) is 22.6 Å². The number of hydrogen-bond acceptors (Lipinski definition) is 2. The van der Waals surface area contributed by atoms with Gasteiger partial charge in [0, 0.05) is 32.1 Å². The molecule has 2 rings (SSSR count). The lowest BCUT2D eigenvalue weighted by Gasteiger charge is -2.22. The van der Waals surface area contributed by atoms with Crippen LogP contribution in [0.3, 0.4) is 0 Å². The minimum Gasteiger partial charge on any atom is -0.338 e. The lowest BCUT2D eigenvalue weighted by Crippen LogP contribution is -2.31. The molecular weight excluding hydrogens is 312 g/mol. The van der Waals surface area contributed by atoms with Crippen LogP contribution in [0.5, 0.6) is 0 Å². The second-order valence-corrected chi connectivity index (χ2v) is 6.18. The van der Waals surface area contributed by atoms with Crippen molar-refractivity contribution in [2.45, 2.75) is 40.2 Å². The Bertz CT molecular complexity index is 740. The average Bonchev–Trinajstić information content (AvgIpc) is 2.60. The summed E-state index contributed by atoms with van der Waals surface area (Å²) in [6.07, 6.45) is 1.15. The lowest BCUT2D eigenvalue weighted by molar-refractivity contribution is -0.129. The van der Waals surface area contributed by atoms with Gasteiger partial charge in [-0.2, -0.15) is 0 Å². The van der Waals surface area contributed by atoms with Gasteiger partial charge >= 0.3 is 0 Å². The SMILES string of the molecule is CCc1ccccc1NC(=O)CCN(Cc1ccccc1C)C(C)=O. The normalized spacial score (nSPS) is 10.4. The molecule has 132 valence electrons. The maximum atomic E-state index is 12.3. The van der Waals surface area contributed by atoms with Crippen molar-refractivity contribution >= 4 is 17.5 Å². The van der Waals surface area contributed by atoms with Crippen LogP contribution in [0.25, 0.3) is 0 Å². The van der Waals surface area contributed by atoms with E-state index < -0.39 is 0 Å². The van der Waals surface area contributed by atoms with E-state index in [1.165, 1.54) is 0 Å². The second kappa shape index (κ2) is 9.02. The van der Waals surface area contributed by atoms with Crippen LogP contribution in [0.2, 0.25) is 0 Å². The van der Waals surface area contributed by atoms with Gasteiger partial charge in [-0.1, -0.05) is 49.4 Å². The van der Waals surface area contributed by atoms with Gasteiger partial charge in [0.1, 0.15) is 0 Å². The Balaban J connectivity index is 1.95. The van der Waals surface area contributed by atoms with E-state index >= 15 is 0 Å². The molecular formula is C21H26N2O2. The van der Waals surface area contributed by atoms with Gasteiger partial charge in [-0.3, -0.25) is 9.59 Å². The molecule has 0 aromatic heterocycles. The highest BCUT2D eigenvalue weighted by molar-refractivity contribution is 5.91. The maximum Gasteiger partial charge on any atom is 0.226 e. The van der Waals surface area contributed by atoms with Gasteiger partial charge in [0.25, 0.3) is 0 Å². The maximum absolute atomic E-state index is 12.3. The van der Waals surface area contributed by atoms with Gasteiger partial charge in [0.2, 0.25) is 11.8 Å². The number of nitrogens with zero attached hydrogens (tertiary/aromatic N) is 1. The molecule has 0 aliphatic carbocycles. The van der Waals surface area contributed by atoms with Crippen molar-refractivity contribution in [3.63, 3.8) is 0 Å². The lowest BCUT2D eigenvalue weighted by atomic mass is 10.1. The van der Waals surface area contributed by atoms with Gasteiger partial charge in [-0.15, -0.1) is 0 Å². The van der Waals surface area contributed by atoms with Crippen LogP contribution >= 0.6 is 0 Å². The van der Waals surface area contributed by atoms with E-state index in [-0.39, 0.29) is 18.2 Å². The summed E-state index contributed by atoms with van der Waals surface area (Å²) < 4.78 is 0. The molecule has 0 spiro atoms. The fraction of sp³-hybridized carbons (Fsp3) is 0.333. The van der Waals surface area contributed by atoms with Gasteiger partial charge in [-0.25, -0.2) is 0 Å². The van der Waals surface area contributed by atoms with Crippen LogP contribution in [0.4, 0.5) is 5.69 Å². The summed E-state index contributed by atoms with van der Waals surface area (Å²) in [4.78, 5) is 25.9. The molecule has 2 amide bonds. The molecule has 2 aromatic carbocycles. The minimum absolute atomic E-state index is 0.0231. The number of benzene rings is 2. The van der Waals surface area contributed by atoms with Crippen molar-refractivity contribution in [3.05, 3.63) is 65.2 Å². The largest absolute Gasteiger partial charge is 0.338 e. The zero-order valence-corrected chi connectivity index (χ0v) is 15.2. The summed E-state index contributed by atoms with van der Waals surface area (Å²) in [5.74, 6) is -0.0954. The van der Waals surface area contributed by atoms with Gasteiger partial charge < -0.3 is 10.2 Å². The average molecular weight is 338 g/mol. The minimum atomic E-state index is -0.0723. The van der Waals surface area contributed by atoms with Crippen molar-refractivity contribution < 1.29 is 9.59 Å². The summed E-state index contributed by atoms with van der Waals surface area (Å²) in [6, 6.07) is 15.8. The Morgan fingerprint density at radius 3 is 2.28 bits per heavy atom. The van der Waals surface area contributed by atoms with Crippen molar-refractivity contribution in [1.82, 2.24) is 4.90 Å². The van der Waals surface area contributed by atoms with Gasteiger partial charge in [0.05, 0.1) is 0 Å². The molecule has 0 saturated carbocycles. The van der Waals surface area contributed by atoms with E-state index in [2.05, 4.69) is 12.2 Å². The molecule has 0 bridgehead atoms. The summed E-state index contributed by atoms with van der Waals surface area (Å²) in [5, 5.41) is 2.95. The molecule has 1 N–H and O–H groups in total. The van der Waals surface area contributed by atoms with E-state index in [0.717, 1.165) is 28.8 Å². The summed E-state index contributed by atoms with van der Waals surface area (Å²) in [7, 11) is 0. The Hall–Kier alpha value is -2.62. The first kappa shape index (κ1) is 18.7. The van der Waals surface area contributed by atoms with E-state index in [9.17, 15) is 9.59 Å². The third kappa shape index (κ3) is 5.45. The van der Waals surface area contributed by atoms with Crippen molar-refractivity contribution in [2.75, 3.05) is 11.9 Å². The summed E-state index contributed by atoms with van der Waals surface area (Å²) in [6.45, 7) is 6.57. The van der Waals surface area contributed by atoms with Crippen LogP contribution in [0, 0.1) is 6.92 Å². The number of aryl methyl sites for hydroxylation is 2. The number of carbonyl (C=O) groups is 2. The fourth-order valence-electron chi connectivity index (χ4n) is 2.74. The highest BCUT2D eigenvalue weighted by Crippen LogP contribution is 2.16. The monoisotopic (exact) mass is 338 g/mol. The highest BCUT2D eigenvalue weighted by atomic mass is 16.2.